The van der Waals surface area contributed by atoms with Crippen molar-refractivity contribution in [3.05, 3.63) is 34.1 Å². The van der Waals surface area contributed by atoms with Crippen molar-refractivity contribution in [2.45, 2.75) is 0 Å². The molecule has 0 atom stereocenters. The second-order valence-electron chi connectivity index (χ2n) is 2.60. The average Bonchev–Trinajstić information content (AvgIpc) is 2.20. The van der Waals surface area contributed by atoms with Crippen LogP contribution in [0, 0.1) is 15.9 Å². The number of hydrogen-bond acceptors (Lipinski definition) is 3. The largest absolute Gasteiger partial charge is 0.323 e. The minimum Gasteiger partial charge on any atom is -0.323 e. The summed E-state index contributed by atoms with van der Waals surface area (Å²) >= 11 is 2.89. The standard InChI is InChI=1S/C8H6BrFN2O3/c9-4-8(13)11-7-2-1-5(12(14)15)3-6(7)10/h1-3H,4H2,(H,11,13). The van der Waals surface area contributed by atoms with Gasteiger partial charge in [0, 0.05) is 6.07 Å². The summed E-state index contributed by atoms with van der Waals surface area (Å²) in [6.07, 6.45) is 0. The Morgan fingerprint density at radius 1 is 1.60 bits per heavy atom. The van der Waals surface area contributed by atoms with Crippen LogP contribution in [0.1, 0.15) is 0 Å². The molecular weight excluding hydrogens is 271 g/mol. The van der Waals surface area contributed by atoms with E-state index < -0.39 is 16.6 Å². The molecule has 0 radical (unpaired) electrons. The number of benzene rings is 1. The SMILES string of the molecule is O=C(CBr)Nc1ccc([N+](=O)[O-])cc1F. The maximum absolute atomic E-state index is 13.2. The number of non-ortho nitro benzene ring substituents is 1. The third kappa shape index (κ3) is 2.98. The number of rotatable bonds is 3. The van der Waals surface area contributed by atoms with Crippen molar-refractivity contribution >= 4 is 33.2 Å². The number of alkyl halides is 1. The van der Waals surface area contributed by atoms with Crippen LogP contribution in [0.4, 0.5) is 15.8 Å². The van der Waals surface area contributed by atoms with E-state index >= 15 is 0 Å². The number of nitrogens with zero attached hydrogens (tertiary/aromatic N) is 1. The van der Waals surface area contributed by atoms with Crippen molar-refractivity contribution in [2.75, 3.05) is 10.6 Å². The molecular formula is C8H6BrFN2O3. The third-order valence-electron chi connectivity index (χ3n) is 1.56. The first-order chi connectivity index (χ1) is 7.04. The minimum atomic E-state index is -0.835. The van der Waals surface area contributed by atoms with E-state index in [2.05, 4.69) is 21.2 Å². The monoisotopic (exact) mass is 276 g/mol. The quantitative estimate of drug-likeness (QED) is 0.522. The van der Waals surface area contributed by atoms with Gasteiger partial charge in [0.2, 0.25) is 5.91 Å². The lowest BCUT2D eigenvalue weighted by Crippen LogP contribution is -2.13. The fourth-order valence-corrected chi connectivity index (χ4v) is 1.04. The van der Waals surface area contributed by atoms with Gasteiger partial charge in [-0.2, -0.15) is 0 Å². The molecule has 0 aliphatic heterocycles. The number of nitrogens with one attached hydrogen (secondary N) is 1. The summed E-state index contributed by atoms with van der Waals surface area (Å²) in [5.74, 6) is -1.26. The Bertz CT molecular complexity index is 411. The van der Waals surface area contributed by atoms with E-state index in [0.717, 1.165) is 18.2 Å². The van der Waals surface area contributed by atoms with Crippen LogP contribution in [0.25, 0.3) is 0 Å². The zero-order chi connectivity index (χ0) is 11.4. The zero-order valence-corrected chi connectivity index (χ0v) is 8.95. The molecule has 1 aromatic rings. The van der Waals surface area contributed by atoms with Gasteiger partial charge in [-0.15, -0.1) is 0 Å². The molecule has 1 N–H and O–H groups in total. The predicted molar refractivity (Wildman–Crippen MR) is 55.5 cm³/mol. The molecule has 0 saturated carbocycles. The summed E-state index contributed by atoms with van der Waals surface area (Å²) in [6, 6.07) is 3.02. The molecule has 0 aliphatic carbocycles. The summed E-state index contributed by atoms with van der Waals surface area (Å²) in [7, 11) is 0. The van der Waals surface area contributed by atoms with Crippen molar-refractivity contribution in [3.8, 4) is 0 Å². The van der Waals surface area contributed by atoms with E-state index in [1.165, 1.54) is 0 Å². The first kappa shape index (κ1) is 11.6. The Morgan fingerprint density at radius 3 is 2.73 bits per heavy atom. The summed E-state index contributed by atoms with van der Waals surface area (Å²) in [5, 5.41) is 12.6. The van der Waals surface area contributed by atoms with E-state index in [1.54, 1.807) is 0 Å². The van der Waals surface area contributed by atoms with Crippen LogP contribution < -0.4 is 5.32 Å². The second-order valence-corrected chi connectivity index (χ2v) is 3.16. The van der Waals surface area contributed by atoms with Crippen LogP contribution in [0.15, 0.2) is 18.2 Å². The lowest BCUT2D eigenvalue weighted by atomic mass is 10.2. The van der Waals surface area contributed by atoms with Gasteiger partial charge in [-0.25, -0.2) is 4.39 Å². The first-order valence-electron chi connectivity index (χ1n) is 3.84. The Hall–Kier alpha value is -1.50. The van der Waals surface area contributed by atoms with Gasteiger partial charge in [0.15, 0.2) is 5.82 Å². The molecule has 1 amide bonds. The number of hydrogen-bond donors (Lipinski definition) is 1. The van der Waals surface area contributed by atoms with Gasteiger partial charge >= 0.3 is 0 Å². The smallest absolute Gasteiger partial charge is 0.272 e. The van der Waals surface area contributed by atoms with Gasteiger partial charge in [-0.1, -0.05) is 15.9 Å². The lowest BCUT2D eigenvalue weighted by molar-refractivity contribution is -0.385. The molecule has 0 saturated heterocycles. The highest BCUT2D eigenvalue weighted by Crippen LogP contribution is 2.20. The molecule has 0 spiro atoms. The molecule has 0 bridgehead atoms. The Morgan fingerprint density at radius 2 is 2.27 bits per heavy atom. The molecule has 0 aromatic heterocycles. The van der Waals surface area contributed by atoms with Gasteiger partial charge in [0.1, 0.15) is 0 Å². The van der Waals surface area contributed by atoms with Crippen molar-refractivity contribution in [1.82, 2.24) is 0 Å². The summed E-state index contributed by atoms with van der Waals surface area (Å²) < 4.78 is 13.2. The highest BCUT2D eigenvalue weighted by molar-refractivity contribution is 9.09. The molecule has 5 nitrogen and oxygen atoms in total. The minimum absolute atomic E-state index is 0.0312. The van der Waals surface area contributed by atoms with Crippen molar-refractivity contribution in [3.63, 3.8) is 0 Å². The fraction of sp³-hybridized carbons (Fsp3) is 0.125. The Balaban J connectivity index is 2.93. The summed E-state index contributed by atoms with van der Waals surface area (Å²) in [5.41, 5.74) is -0.436. The third-order valence-corrected chi connectivity index (χ3v) is 2.07. The van der Waals surface area contributed by atoms with E-state index in [9.17, 15) is 19.3 Å². The van der Waals surface area contributed by atoms with Crippen LogP contribution in [0.2, 0.25) is 0 Å². The maximum atomic E-state index is 13.2. The van der Waals surface area contributed by atoms with Crippen molar-refractivity contribution in [1.29, 1.82) is 0 Å². The number of nitro benzene ring substituents is 1. The molecule has 0 unspecified atom stereocenters. The van der Waals surface area contributed by atoms with Crippen LogP contribution in [0.5, 0.6) is 0 Å². The Labute approximate surface area is 92.6 Å². The van der Waals surface area contributed by atoms with Gasteiger partial charge in [0.25, 0.3) is 5.69 Å². The van der Waals surface area contributed by atoms with E-state index in [-0.39, 0.29) is 16.7 Å². The maximum Gasteiger partial charge on any atom is 0.272 e. The van der Waals surface area contributed by atoms with Crippen molar-refractivity contribution in [2.24, 2.45) is 0 Å². The molecule has 1 rings (SSSR count). The van der Waals surface area contributed by atoms with Gasteiger partial charge in [-0.05, 0) is 6.07 Å². The van der Waals surface area contributed by atoms with E-state index in [4.69, 9.17) is 0 Å². The molecule has 15 heavy (non-hydrogen) atoms. The molecule has 7 heteroatoms. The summed E-state index contributed by atoms with van der Waals surface area (Å²) in [4.78, 5) is 20.5. The molecule has 0 aliphatic rings. The second kappa shape index (κ2) is 4.83. The molecule has 0 heterocycles. The lowest BCUT2D eigenvalue weighted by Gasteiger charge is -2.03. The van der Waals surface area contributed by atoms with Crippen LogP contribution in [0.3, 0.4) is 0 Å². The molecule has 0 fully saturated rings. The fourth-order valence-electron chi connectivity index (χ4n) is 0.903. The van der Waals surface area contributed by atoms with E-state index in [1.807, 2.05) is 0 Å². The van der Waals surface area contributed by atoms with Gasteiger partial charge in [-0.3, -0.25) is 14.9 Å². The van der Waals surface area contributed by atoms with Gasteiger partial charge in [0.05, 0.1) is 22.0 Å². The number of nitro groups is 1. The average molecular weight is 277 g/mol. The number of carbonyl (C=O) groups excluding carboxylic acids is 1. The van der Waals surface area contributed by atoms with Crippen molar-refractivity contribution < 1.29 is 14.1 Å². The van der Waals surface area contributed by atoms with Gasteiger partial charge < -0.3 is 5.32 Å². The normalized spacial score (nSPS) is 9.73. The zero-order valence-electron chi connectivity index (χ0n) is 7.37. The van der Waals surface area contributed by atoms with Crippen LogP contribution in [-0.4, -0.2) is 16.2 Å². The highest BCUT2D eigenvalue weighted by Gasteiger charge is 2.11. The number of amides is 1. The highest BCUT2D eigenvalue weighted by atomic mass is 79.9. The Kier molecular flexibility index (Phi) is 3.73. The van der Waals surface area contributed by atoms with Crippen LogP contribution in [-0.2, 0) is 4.79 Å². The van der Waals surface area contributed by atoms with Crippen LogP contribution >= 0.6 is 15.9 Å². The first-order valence-corrected chi connectivity index (χ1v) is 4.96. The van der Waals surface area contributed by atoms with E-state index in [0.29, 0.717) is 0 Å². The topological polar surface area (TPSA) is 72.2 Å². The number of anilines is 1. The molecule has 1 aromatic carbocycles. The predicted octanol–water partition coefficient (Wildman–Crippen LogP) is 2.07. The molecule has 80 valence electrons. The number of carbonyl (C=O) groups is 1. The number of halogens is 2. The summed E-state index contributed by atoms with van der Waals surface area (Å²) in [6.45, 7) is 0.